The summed E-state index contributed by atoms with van der Waals surface area (Å²) in [6.07, 6.45) is 3.31. The Morgan fingerprint density at radius 2 is 1.92 bits per heavy atom. The minimum absolute atomic E-state index is 0.204. The number of anilines is 2. The van der Waals surface area contributed by atoms with Gasteiger partial charge in [-0.25, -0.2) is 9.97 Å². The van der Waals surface area contributed by atoms with Crippen molar-refractivity contribution in [3.63, 3.8) is 0 Å². The van der Waals surface area contributed by atoms with Crippen LogP contribution in [0.1, 0.15) is 24.3 Å². The first-order valence-electron chi connectivity index (χ1n) is 7.85. The minimum Gasteiger partial charge on any atom is -0.350 e. The van der Waals surface area contributed by atoms with Gasteiger partial charge in [0.1, 0.15) is 5.69 Å². The zero-order valence-corrected chi connectivity index (χ0v) is 13.7. The van der Waals surface area contributed by atoms with E-state index in [1.165, 1.54) is 0 Å². The van der Waals surface area contributed by atoms with Crippen LogP contribution in [-0.4, -0.2) is 27.4 Å². The highest BCUT2D eigenvalue weighted by Gasteiger charge is 2.10. The van der Waals surface area contributed by atoms with Gasteiger partial charge < -0.3 is 10.6 Å². The molecule has 2 heterocycles. The molecule has 0 unspecified atom stereocenters. The fourth-order valence-electron chi connectivity index (χ4n) is 2.26. The number of pyridine rings is 1. The SMILES string of the molecule is CC(C)CNC(=O)c1ccnc(Nc2cccc3cccnc23)n1. The lowest BCUT2D eigenvalue weighted by Crippen LogP contribution is -2.28. The number of fused-ring (bicyclic) bond motifs is 1. The third-order valence-corrected chi connectivity index (χ3v) is 3.44. The van der Waals surface area contributed by atoms with E-state index in [-0.39, 0.29) is 5.91 Å². The summed E-state index contributed by atoms with van der Waals surface area (Å²) in [6.45, 7) is 4.69. The number of hydrogen-bond acceptors (Lipinski definition) is 5. The van der Waals surface area contributed by atoms with Crippen molar-refractivity contribution in [2.45, 2.75) is 13.8 Å². The van der Waals surface area contributed by atoms with Crippen LogP contribution in [0.5, 0.6) is 0 Å². The Bertz CT molecular complexity index is 857. The van der Waals surface area contributed by atoms with Gasteiger partial charge in [-0.05, 0) is 24.1 Å². The van der Waals surface area contributed by atoms with Gasteiger partial charge in [-0.15, -0.1) is 0 Å². The molecule has 0 saturated heterocycles. The molecule has 0 aliphatic rings. The third-order valence-electron chi connectivity index (χ3n) is 3.44. The van der Waals surface area contributed by atoms with Crippen LogP contribution in [-0.2, 0) is 0 Å². The lowest BCUT2D eigenvalue weighted by atomic mass is 10.2. The maximum absolute atomic E-state index is 12.1. The van der Waals surface area contributed by atoms with Gasteiger partial charge in [0.15, 0.2) is 0 Å². The molecule has 0 bridgehead atoms. The van der Waals surface area contributed by atoms with Crippen molar-refractivity contribution in [3.05, 3.63) is 54.5 Å². The Morgan fingerprint density at radius 3 is 2.75 bits per heavy atom. The highest BCUT2D eigenvalue weighted by Crippen LogP contribution is 2.22. The maximum atomic E-state index is 12.1. The van der Waals surface area contributed by atoms with E-state index in [0.29, 0.717) is 24.1 Å². The Balaban J connectivity index is 1.83. The predicted octanol–water partition coefficient (Wildman–Crippen LogP) is 3.15. The summed E-state index contributed by atoms with van der Waals surface area (Å²) in [5.41, 5.74) is 1.97. The van der Waals surface area contributed by atoms with E-state index in [1.54, 1.807) is 18.5 Å². The molecule has 0 fully saturated rings. The summed E-state index contributed by atoms with van der Waals surface area (Å²) >= 11 is 0. The number of carbonyl (C=O) groups is 1. The number of carbonyl (C=O) groups excluding carboxylic acids is 1. The molecule has 1 aromatic carbocycles. The number of hydrogen-bond donors (Lipinski definition) is 2. The van der Waals surface area contributed by atoms with Crippen LogP contribution in [0.15, 0.2) is 48.8 Å². The average Bonchev–Trinajstić information content (AvgIpc) is 2.60. The number of benzene rings is 1. The molecule has 3 aromatic rings. The summed E-state index contributed by atoms with van der Waals surface area (Å²) in [4.78, 5) is 25.0. The predicted molar refractivity (Wildman–Crippen MR) is 94.2 cm³/mol. The summed E-state index contributed by atoms with van der Waals surface area (Å²) < 4.78 is 0. The highest BCUT2D eigenvalue weighted by atomic mass is 16.1. The molecule has 6 heteroatoms. The Labute approximate surface area is 140 Å². The third kappa shape index (κ3) is 3.65. The summed E-state index contributed by atoms with van der Waals surface area (Å²) in [7, 11) is 0. The molecule has 122 valence electrons. The summed E-state index contributed by atoms with van der Waals surface area (Å²) in [5, 5.41) is 7.01. The summed E-state index contributed by atoms with van der Waals surface area (Å²) in [6, 6.07) is 11.3. The minimum atomic E-state index is -0.204. The second kappa shape index (κ2) is 7.04. The van der Waals surface area contributed by atoms with Crippen LogP contribution >= 0.6 is 0 Å². The van der Waals surface area contributed by atoms with E-state index in [4.69, 9.17) is 0 Å². The van der Waals surface area contributed by atoms with Gasteiger partial charge >= 0.3 is 0 Å². The van der Waals surface area contributed by atoms with E-state index in [9.17, 15) is 4.79 Å². The maximum Gasteiger partial charge on any atom is 0.270 e. The van der Waals surface area contributed by atoms with Crippen LogP contribution < -0.4 is 10.6 Å². The van der Waals surface area contributed by atoms with Crippen molar-refractivity contribution in [1.82, 2.24) is 20.3 Å². The molecule has 24 heavy (non-hydrogen) atoms. The van der Waals surface area contributed by atoms with Crippen molar-refractivity contribution >= 4 is 28.4 Å². The fourth-order valence-corrected chi connectivity index (χ4v) is 2.26. The lowest BCUT2D eigenvalue weighted by molar-refractivity contribution is 0.0944. The molecular formula is C18H19N5O. The largest absolute Gasteiger partial charge is 0.350 e. The first-order valence-corrected chi connectivity index (χ1v) is 7.85. The molecule has 0 aliphatic carbocycles. The number of rotatable bonds is 5. The van der Waals surface area contributed by atoms with Gasteiger partial charge in [-0.3, -0.25) is 9.78 Å². The number of nitrogens with zero attached hydrogens (tertiary/aromatic N) is 3. The monoisotopic (exact) mass is 321 g/mol. The molecule has 0 saturated carbocycles. The first kappa shape index (κ1) is 15.9. The van der Waals surface area contributed by atoms with Gasteiger partial charge in [-0.1, -0.05) is 32.0 Å². The number of aromatic nitrogens is 3. The molecule has 0 spiro atoms. The standard InChI is InChI=1S/C18H19N5O/c1-12(2)11-21-17(24)15-8-10-20-18(23-15)22-14-7-3-5-13-6-4-9-19-16(13)14/h3-10,12H,11H2,1-2H3,(H,21,24)(H,20,22,23). The number of para-hydroxylation sites is 1. The van der Waals surface area contributed by atoms with Crippen molar-refractivity contribution < 1.29 is 4.79 Å². The quantitative estimate of drug-likeness (QED) is 0.754. The molecule has 3 rings (SSSR count). The Morgan fingerprint density at radius 1 is 1.08 bits per heavy atom. The van der Waals surface area contributed by atoms with E-state index < -0.39 is 0 Å². The Hall–Kier alpha value is -3.02. The molecule has 0 aliphatic heterocycles. The van der Waals surface area contributed by atoms with Crippen LogP contribution in [0.2, 0.25) is 0 Å². The highest BCUT2D eigenvalue weighted by molar-refractivity contribution is 5.93. The molecule has 6 nitrogen and oxygen atoms in total. The van der Waals surface area contributed by atoms with E-state index in [0.717, 1.165) is 16.6 Å². The smallest absolute Gasteiger partial charge is 0.270 e. The van der Waals surface area contributed by atoms with Crippen LogP contribution in [0, 0.1) is 5.92 Å². The van der Waals surface area contributed by atoms with Gasteiger partial charge in [-0.2, -0.15) is 0 Å². The zero-order chi connectivity index (χ0) is 16.9. The number of nitrogens with one attached hydrogen (secondary N) is 2. The van der Waals surface area contributed by atoms with Gasteiger partial charge in [0, 0.05) is 24.3 Å². The van der Waals surface area contributed by atoms with Crippen LogP contribution in [0.4, 0.5) is 11.6 Å². The zero-order valence-electron chi connectivity index (χ0n) is 13.7. The van der Waals surface area contributed by atoms with Gasteiger partial charge in [0.25, 0.3) is 5.91 Å². The van der Waals surface area contributed by atoms with E-state index >= 15 is 0 Å². The molecule has 2 N–H and O–H groups in total. The van der Waals surface area contributed by atoms with Crippen LogP contribution in [0.3, 0.4) is 0 Å². The lowest BCUT2D eigenvalue weighted by Gasteiger charge is -2.10. The average molecular weight is 321 g/mol. The molecule has 0 atom stereocenters. The van der Waals surface area contributed by atoms with E-state index in [2.05, 4.69) is 25.6 Å². The molecule has 2 aromatic heterocycles. The number of amides is 1. The van der Waals surface area contributed by atoms with Gasteiger partial charge in [0.05, 0.1) is 11.2 Å². The van der Waals surface area contributed by atoms with Crippen molar-refractivity contribution in [3.8, 4) is 0 Å². The fraction of sp³-hybridized carbons (Fsp3) is 0.222. The second-order valence-corrected chi connectivity index (χ2v) is 5.88. The summed E-state index contributed by atoms with van der Waals surface area (Å²) in [5.74, 6) is 0.547. The second-order valence-electron chi connectivity index (χ2n) is 5.88. The molecule has 0 radical (unpaired) electrons. The normalized spacial score (nSPS) is 10.8. The first-order chi connectivity index (χ1) is 11.6. The van der Waals surface area contributed by atoms with Crippen molar-refractivity contribution in [1.29, 1.82) is 0 Å². The Kier molecular flexibility index (Phi) is 4.65. The van der Waals surface area contributed by atoms with Crippen LogP contribution in [0.25, 0.3) is 10.9 Å². The molecule has 1 amide bonds. The van der Waals surface area contributed by atoms with Crippen molar-refractivity contribution in [2.24, 2.45) is 5.92 Å². The van der Waals surface area contributed by atoms with Gasteiger partial charge in [0.2, 0.25) is 5.95 Å². The van der Waals surface area contributed by atoms with Crippen molar-refractivity contribution in [2.75, 3.05) is 11.9 Å². The molecular weight excluding hydrogens is 302 g/mol. The topological polar surface area (TPSA) is 79.8 Å². The van der Waals surface area contributed by atoms with E-state index in [1.807, 2.05) is 44.2 Å².